The molecule has 0 amide bonds. The second kappa shape index (κ2) is 6.51. The van der Waals surface area contributed by atoms with E-state index in [0.717, 1.165) is 6.07 Å². The first-order chi connectivity index (χ1) is 8.40. The van der Waals surface area contributed by atoms with Gasteiger partial charge in [0.2, 0.25) is 10.0 Å². The van der Waals surface area contributed by atoms with Gasteiger partial charge in [0.05, 0.1) is 0 Å². The van der Waals surface area contributed by atoms with E-state index in [2.05, 4.69) is 4.72 Å². The van der Waals surface area contributed by atoms with Crippen molar-refractivity contribution in [3.05, 3.63) is 29.6 Å². The Balaban J connectivity index is 2.98. The summed E-state index contributed by atoms with van der Waals surface area (Å²) in [6, 6.07) is 3.65. The van der Waals surface area contributed by atoms with Crippen molar-refractivity contribution in [1.82, 2.24) is 4.72 Å². The number of hydrogen-bond acceptors (Lipinski definition) is 4. The Morgan fingerprint density at radius 1 is 1.50 bits per heavy atom. The van der Waals surface area contributed by atoms with E-state index in [1.807, 2.05) is 6.26 Å². The maximum absolute atomic E-state index is 13.7. The van der Waals surface area contributed by atoms with E-state index in [-0.39, 0.29) is 17.5 Å². The molecule has 1 unspecified atom stereocenters. The highest BCUT2D eigenvalue weighted by Crippen LogP contribution is 2.16. The number of thioether (sulfide) groups is 1. The molecule has 0 bridgehead atoms. The van der Waals surface area contributed by atoms with Gasteiger partial charge in [0.15, 0.2) is 0 Å². The Kier molecular flexibility index (Phi) is 5.58. The van der Waals surface area contributed by atoms with Gasteiger partial charge < -0.3 is 5.73 Å². The topological polar surface area (TPSA) is 72.2 Å². The molecule has 0 aliphatic carbocycles. The van der Waals surface area contributed by atoms with Gasteiger partial charge >= 0.3 is 0 Å². The number of halogens is 1. The van der Waals surface area contributed by atoms with Crippen LogP contribution in [0.3, 0.4) is 0 Å². The molecule has 0 aliphatic rings. The Morgan fingerprint density at radius 2 is 2.17 bits per heavy atom. The van der Waals surface area contributed by atoms with Crippen molar-refractivity contribution in [3.63, 3.8) is 0 Å². The van der Waals surface area contributed by atoms with Crippen molar-refractivity contribution in [1.29, 1.82) is 0 Å². The van der Waals surface area contributed by atoms with Gasteiger partial charge in [0, 0.05) is 18.3 Å². The van der Waals surface area contributed by atoms with Gasteiger partial charge in [-0.05, 0) is 30.9 Å². The number of hydrogen-bond donors (Lipinski definition) is 2. The molecule has 102 valence electrons. The van der Waals surface area contributed by atoms with Gasteiger partial charge in [-0.15, -0.1) is 0 Å². The first-order valence-electron chi connectivity index (χ1n) is 5.40. The zero-order valence-corrected chi connectivity index (χ0v) is 11.9. The lowest BCUT2D eigenvalue weighted by atomic mass is 10.2. The van der Waals surface area contributed by atoms with Crippen molar-refractivity contribution in [3.8, 4) is 0 Å². The van der Waals surface area contributed by atoms with Crippen molar-refractivity contribution in [2.24, 2.45) is 5.73 Å². The van der Waals surface area contributed by atoms with Gasteiger partial charge in [-0.3, -0.25) is 0 Å². The molecule has 3 N–H and O–H groups in total. The van der Waals surface area contributed by atoms with Crippen LogP contribution in [0.5, 0.6) is 0 Å². The third-order valence-electron chi connectivity index (χ3n) is 2.29. The van der Waals surface area contributed by atoms with Crippen LogP contribution in [0, 0.1) is 5.82 Å². The summed E-state index contributed by atoms with van der Waals surface area (Å²) in [5, 5.41) is 0. The maximum atomic E-state index is 13.7. The molecule has 0 saturated carbocycles. The van der Waals surface area contributed by atoms with Gasteiger partial charge in [-0.1, -0.05) is 6.07 Å². The zero-order valence-electron chi connectivity index (χ0n) is 10.3. The molecular weight excluding hydrogens is 275 g/mol. The molecule has 0 aromatic heterocycles. The predicted molar refractivity (Wildman–Crippen MR) is 72.5 cm³/mol. The molecule has 0 radical (unpaired) electrons. The van der Waals surface area contributed by atoms with Crippen molar-refractivity contribution in [2.75, 3.05) is 12.0 Å². The average Bonchev–Trinajstić information content (AvgIpc) is 2.27. The normalized spacial score (nSPS) is 13.6. The second-order valence-corrected chi connectivity index (χ2v) is 6.54. The van der Waals surface area contributed by atoms with E-state index >= 15 is 0 Å². The van der Waals surface area contributed by atoms with E-state index in [1.54, 1.807) is 6.92 Å². The quantitative estimate of drug-likeness (QED) is 0.829. The molecule has 0 aliphatic heterocycles. The van der Waals surface area contributed by atoms with Crippen molar-refractivity contribution >= 4 is 21.8 Å². The number of benzene rings is 1. The fourth-order valence-electron chi connectivity index (χ4n) is 1.50. The Bertz CT molecular complexity index is 506. The van der Waals surface area contributed by atoms with Crippen LogP contribution in [0.25, 0.3) is 0 Å². The predicted octanol–water partition coefficient (Wildman–Crippen LogP) is 1.31. The zero-order chi connectivity index (χ0) is 13.8. The van der Waals surface area contributed by atoms with Gasteiger partial charge in [-0.2, -0.15) is 11.8 Å². The van der Waals surface area contributed by atoms with Gasteiger partial charge in [0.25, 0.3) is 0 Å². The molecule has 0 spiro atoms. The van der Waals surface area contributed by atoms with Gasteiger partial charge in [-0.25, -0.2) is 17.5 Å². The molecule has 0 saturated heterocycles. The summed E-state index contributed by atoms with van der Waals surface area (Å²) in [6.45, 7) is 1.91. The molecule has 4 nitrogen and oxygen atoms in total. The molecule has 7 heteroatoms. The molecule has 1 rings (SSSR count). The number of rotatable bonds is 6. The third-order valence-corrected chi connectivity index (χ3v) is 4.75. The summed E-state index contributed by atoms with van der Waals surface area (Å²) in [5.41, 5.74) is 5.92. The molecule has 1 atom stereocenters. The fourth-order valence-corrected chi connectivity index (χ4v) is 3.49. The minimum Gasteiger partial charge on any atom is -0.326 e. The summed E-state index contributed by atoms with van der Waals surface area (Å²) in [7, 11) is -3.82. The van der Waals surface area contributed by atoms with E-state index in [0.29, 0.717) is 11.3 Å². The second-order valence-electron chi connectivity index (χ2n) is 3.95. The van der Waals surface area contributed by atoms with Crippen LogP contribution in [-0.2, 0) is 16.6 Å². The largest absolute Gasteiger partial charge is 0.326 e. The van der Waals surface area contributed by atoms with E-state index in [9.17, 15) is 12.8 Å². The molecule has 0 fully saturated rings. The van der Waals surface area contributed by atoms with E-state index in [4.69, 9.17) is 5.73 Å². The molecule has 1 aromatic carbocycles. The molecule has 1 aromatic rings. The van der Waals surface area contributed by atoms with Crippen LogP contribution in [0.1, 0.15) is 12.5 Å². The number of nitrogens with one attached hydrogen (secondary N) is 1. The lowest BCUT2D eigenvalue weighted by Crippen LogP contribution is -2.34. The highest BCUT2D eigenvalue weighted by Gasteiger charge is 2.21. The highest BCUT2D eigenvalue weighted by atomic mass is 32.2. The van der Waals surface area contributed by atoms with Gasteiger partial charge in [0.1, 0.15) is 10.7 Å². The van der Waals surface area contributed by atoms with Crippen LogP contribution in [0.4, 0.5) is 4.39 Å². The third kappa shape index (κ3) is 3.94. The molecule has 18 heavy (non-hydrogen) atoms. The van der Waals surface area contributed by atoms with Crippen LogP contribution >= 0.6 is 11.8 Å². The number of sulfonamides is 1. The Morgan fingerprint density at radius 3 is 2.67 bits per heavy atom. The average molecular weight is 292 g/mol. The van der Waals surface area contributed by atoms with E-state index < -0.39 is 15.8 Å². The summed E-state index contributed by atoms with van der Waals surface area (Å²) in [5.74, 6) is -0.149. The van der Waals surface area contributed by atoms with Crippen LogP contribution in [-0.4, -0.2) is 26.5 Å². The highest BCUT2D eigenvalue weighted by molar-refractivity contribution is 7.98. The minimum atomic E-state index is -3.82. The van der Waals surface area contributed by atoms with Crippen LogP contribution in [0.15, 0.2) is 23.1 Å². The lowest BCUT2D eigenvalue weighted by Gasteiger charge is -2.13. The van der Waals surface area contributed by atoms with Crippen LogP contribution in [0.2, 0.25) is 0 Å². The summed E-state index contributed by atoms with van der Waals surface area (Å²) >= 11 is 1.52. The van der Waals surface area contributed by atoms with E-state index in [1.165, 1.54) is 23.9 Å². The summed E-state index contributed by atoms with van der Waals surface area (Å²) in [4.78, 5) is -0.340. The summed E-state index contributed by atoms with van der Waals surface area (Å²) < 4.78 is 40.0. The van der Waals surface area contributed by atoms with Crippen molar-refractivity contribution < 1.29 is 12.8 Å². The number of nitrogens with two attached hydrogens (primary N) is 1. The first-order valence-corrected chi connectivity index (χ1v) is 8.28. The SMILES string of the molecule is CSCC(C)NS(=O)(=O)c1ccc(CN)cc1F. The minimum absolute atomic E-state index is 0.174. The Labute approximate surface area is 111 Å². The first kappa shape index (κ1) is 15.4. The molecule has 0 heterocycles. The maximum Gasteiger partial charge on any atom is 0.243 e. The smallest absolute Gasteiger partial charge is 0.243 e. The Hall–Kier alpha value is -0.630. The fraction of sp³-hybridized carbons (Fsp3) is 0.455. The lowest BCUT2D eigenvalue weighted by molar-refractivity contribution is 0.549. The monoisotopic (exact) mass is 292 g/mol. The molecular formula is C11H17FN2O2S2. The standard InChI is InChI=1S/C11H17FN2O2S2/c1-8(7-17-2)14-18(15,16)11-4-3-9(6-13)5-10(11)12/h3-5,8,14H,6-7,13H2,1-2H3. The summed E-state index contributed by atoms with van der Waals surface area (Å²) in [6.07, 6.45) is 1.88. The van der Waals surface area contributed by atoms with Crippen molar-refractivity contribution in [2.45, 2.75) is 24.4 Å². The van der Waals surface area contributed by atoms with Crippen LogP contribution < -0.4 is 10.5 Å².